The lowest BCUT2D eigenvalue weighted by Crippen LogP contribution is -2.98. The highest BCUT2D eigenvalue weighted by molar-refractivity contribution is 6.36. The number of hydrogen-bond acceptors (Lipinski definition) is 3. The number of nitrogens with one attached hydrogen (secondary N) is 1. The molecule has 2 fully saturated rings. The minimum atomic E-state index is -1.12. The summed E-state index contributed by atoms with van der Waals surface area (Å²) in [5.41, 5.74) is 0.709. The van der Waals surface area contributed by atoms with Crippen LogP contribution < -0.4 is 15.5 Å². The van der Waals surface area contributed by atoms with Crippen LogP contribution in [0.3, 0.4) is 0 Å². The molecule has 0 aliphatic carbocycles. The summed E-state index contributed by atoms with van der Waals surface area (Å²) in [6, 6.07) is 13.9. The number of anilines is 2. The molecule has 3 aliphatic heterocycles. The minimum absolute atomic E-state index is 0.212. The summed E-state index contributed by atoms with van der Waals surface area (Å²) < 4.78 is 0. The van der Waals surface area contributed by atoms with Crippen LogP contribution in [0.4, 0.5) is 11.4 Å². The van der Waals surface area contributed by atoms with Crippen molar-refractivity contribution in [2.75, 3.05) is 10.2 Å². The van der Waals surface area contributed by atoms with Crippen LogP contribution in [-0.4, -0.2) is 23.8 Å². The van der Waals surface area contributed by atoms with Gasteiger partial charge >= 0.3 is 0 Å². The van der Waals surface area contributed by atoms with Crippen LogP contribution in [0.5, 0.6) is 0 Å². The molecule has 5 rings (SSSR count). The average molecular weight is 383 g/mol. The van der Waals surface area contributed by atoms with Gasteiger partial charge in [-0.15, -0.1) is 0 Å². The lowest BCUT2D eigenvalue weighted by atomic mass is 9.76. The van der Waals surface area contributed by atoms with Gasteiger partial charge in [-0.25, -0.2) is 4.90 Å². The molecule has 0 unspecified atom stereocenters. The van der Waals surface area contributed by atoms with E-state index in [1.165, 1.54) is 0 Å². The van der Waals surface area contributed by atoms with Gasteiger partial charge in [0.1, 0.15) is 11.8 Å². The van der Waals surface area contributed by atoms with Crippen molar-refractivity contribution in [1.29, 1.82) is 0 Å². The van der Waals surface area contributed by atoms with E-state index >= 15 is 0 Å². The van der Waals surface area contributed by atoms with E-state index in [2.05, 4.69) is 5.32 Å². The first kappa shape index (κ1) is 16.5. The maximum Gasteiger partial charge on any atom is 0.291 e. The zero-order chi connectivity index (χ0) is 18.9. The third kappa shape index (κ3) is 1.91. The second kappa shape index (κ2) is 5.41. The van der Waals surface area contributed by atoms with Crippen molar-refractivity contribution in [2.45, 2.75) is 18.5 Å². The molecular formula is C20H17ClN3O3+. The Morgan fingerprint density at radius 1 is 1.04 bits per heavy atom. The Balaban J connectivity index is 1.69. The predicted octanol–water partition coefficient (Wildman–Crippen LogP) is 1.26. The molecule has 3 N–H and O–H groups in total. The first-order chi connectivity index (χ1) is 13.0. The van der Waals surface area contributed by atoms with E-state index < -0.39 is 17.4 Å². The van der Waals surface area contributed by atoms with E-state index in [0.717, 1.165) is 10.5 Å². The number of imide groups is 1. The maximum absolute atomic E-state index is 13.5. The highest BCUT2D eigenvalue weighted by Gasteiger charge is 2.73. The Morgan fingerprint density at radius 2 is 1.74 bits per heavy atom. The molecule has 0 saturated carbocycles. The van der Waals surface area contributed by atoms with Gasteiger partial charge in [-0.2, -0.15) is 0 Å². The molecule has 2 saturated heterocycles. The fourth-order valence-electron chi connectivity index (χ4n) is 4.97. The molecular weight excluding hydrogens is 366 g/mol. The Kier molecular flexibility index (Phi) is 3.30. The molecule has 4 atom stereocenters. The van der Waals surface area contributed by atoms with Gasteiger partial charge in [0.15, 0.2) is 0 Å². The van der Waals surface area contributed by atoms with E-state index in [1.54, 1.807) is 24.3 Å². The molecule has 7 heteroatoms. The summed E-state index contributed by atoms with van der Waals surface area (Å²) in [7, 11) is 0. The van der Waals surface area contributed by atoms with Crippen LogP contribution in [0.1, 0.15) is 12.5 Å². The molecule has 3 amide bonds. The van der Waals surface area contributed by atoms with Crippen LogP contribution in [-0.2, 0) is 19.9 Å². The lowest BCUT2D eigenvalue weighted by molar-refractivity contribution is -0.730. The number of amides is 3. The van der Waals surface area contributed by atoms with Crippen molar-refractivity contribution in [3.05, 3.63) is 59.1 Å². The fourth-order valence-corrected chi connectivity index (χ4v) is 5.19. The lowest BCUT2D eigenvalue weighted by Gasteiger charge is -2.26. The zero-order valence-electron chi connectivity index (χ0n) is 14.5. The van der Waals surface area contributed by atoms with Gasteiger partial charge in [-0.05, 0) is 25.1 Å². The van der Waals surface area contributed by atoms with Crippen molar-refractivity contribution in [3.8, 4) is 0 Å². The molecule has 3 aliphatic rings. The van der Waals surface area contributed by atoms with Crippen LogP contribution >= 0.6 is 11.6 Å². The van der Waals surface area contributed by atoms with Crippen molar-refractivity contribution in [2.24, 2.45) is 11.8 Å². The Labute approximate surface area is 160 Å². The topological polar surface area (TPSA) is 83.1 Å². The van der Waals surface area contributed by atoms with Crippen molar-refractivity contribution in [3.63, 3.8) is 0 Å². The predicted molar refractivity (Wildman–Crippen MR) is 99.1 cm³/mol. The number of fused-ring (bicyclic) bond motifs is 4. The molecule has 2 aromatic rings. The smallest absolute Gasteiger partial charge is 0.291 e. The normalized spacial score (nSPS) is 31.4. The summed E-state index contributed by atoms with van der Waals surface area (Å²) in [4.78, 5) is 40.9. The van der Waals surface area contributed by atoms with Gasteiger partial charge in [-0.3, -0.25) is 14.4 Å². The fraction of sp³-hybridized carbons (Fsp3) is 0.250. The van der Waals surface area contributed by atoms with Gasteiger partial charge in [0.05, 0.1) is 22.4 Å². The third-order valence-electron chi connectivity index (χ3n) is 6.02. The minimum Gasteiger partial charge on any atom is -0.326 e. The molecule has 6 nitrogen and oxygen atoms in total. The second-order valence-corrected chi connectivity index (χ2v) is 7.77. The van der Waals surface area contributed by atoms with Gasteiger partial charge in [0.25, 0.3) is 5.91 Å². The number of hydrogen-bond donors (Lipinski definition) is 2. The quantitative estimate of drug-likeness (QED) is 0.728. The molecule has 1 spiro atoms. The molecule has 27 heavy (non-hydrogen) atoms. The van der Waals surface area contributed by atoms with E-state index in [4.69, 9.17) is 11.6 Å². The Morgan fingerprint density at radius 3 is 2.52 bits per heavy atom. The second-order valence-electron chi connectivity index (χ2n) is 7.36. The molecule has 0 bridgehead atoms. The van der Waals surface area contributed by atoms with Gasteiger partial charge in [-0.1, -0.05) is 41.9 Å². The summed E-state index contributed by atoms with van der Waals surface area (Å²) in [6.45, 7) is 1.89. The first-order valence-electron chi connectivity index (χ1n) is 8.86. The molecule has 2 aromatic carbocycles. The van der Waals surface area contributed by atoms with Gasteiger partial charge in [0, 0.05) is 5.56 Å². The number of carbonyl (C=O) groups excluding carboxylic acids is 3. The summed E-state index contributed by atoms with van der Waals surface area (Å²) in [5, 5.41) is 5.10. The number of para-hydroxylation sites is 2. The molecule has 3 heterocycles. The van der Waals surface area contributed by atoms with E-state index in [0.29, 0.717) is 16.4 Å². The monoisotopic (exact) mass is 382 g/mol. The highest BCUT2D eigenvalue weighted by atomic mass is 35.5. The van der Waals surface area contributed by atoms with E-state index in [1.807, 2.05) is 36.5 Å². The van der Waals surface area contributed by atoms with Crippen molar-refractivity contribution >= 4 is 40.7 Å². The number of halogens is 1. The van der Waals surface area contributed by atoms with Crippen molar-refractivity contribution in [1.82, 2.24) is 0 Å². The van der Waals surface area contributed by atoms with Crippen LogP contribution in [0.25, 0.3) is 0 Å². The largest absolute Gasteiger partial charge is 0.326 e. The van der Waals surface area contributed by atoms with E-state index in [-0.39, 0.29) is 23.8 Å². The van der Waals surface area contributed by atoms with Gasteiger partial charge < -0.3 is 10.6 Å². The summed E-state index contributed by atoms with van der Waals surface area (Å²) >= 11 is 6.26. The number of carbonyl (C=O) groups is 3. The summed E-state index contributed by atoms with van der Waals surface area (Å²) in [5.74, 6) is -2.25. The van der Waals surface area contributed by atoms with Crippen LogP contribution in [0.15, 0.2) is 48.5 Å². The SMILES string of the molecule is C[C@@H]1[NH2+][C@@]2(C(=O)Nc3ccccc32)[C@@H]2C(=O)N(c3ccccc3Cl)C(=O)[C@H]12. The third-order valence-corrected chi connectivity index (χ3v) is 6.34. The van der Waals surface area contributed by atoms with E-state index in [9.17, 15) is 14.4 Å². The molecule has 0 aromatic heterocycles. The number of quaternary nitrogens is 1. The number of benzene rings is 2. The van der Waals surface area contributed by atoms with Gasteiger partial charge in [0.2, 0.25) is 17.4 Å². The van der Waals surface area contributed by atoms with Crippen LogP contribution in [0, 0.1) is 11.8 Å². The Bertz CT molecular complexity index is 1020. The zero-order valence-corrected chi connectivity index (χ0v) is 15.2. The maximum atomic E-state index is 13.5. The number of rotatable bonds is 1. The van der Waals surface area contributed by atoms with Crippen molar-refractivity contribution < 1.29 is 19.7 Å². The summed E-state index contributed by atoms with van der Waals surface area (Å²) in [6.07, 6.45) is 0. The Hall–Kier alpha value is -2.70. The number of nitrogens with zero attached hydrogens (tertiary/aromatic N) is 1. The molecule has 0 radical (unpaired) electrons. The first-order valence-corrected chi connectivity index (χ1v) is 9.24. The highest BCUT2D eigenvalue weighted by Crippen LogP contribution is 2.50. The average Bonchev–Trinajstić information content (AvgIpc) is 3.21. The van der Waals surface area contributed by atoms with Crippen LogP contribution in [0.2, 0.25) is 5.02 Å². The number of nitrogens with two attached hydrogens (primary N) is 1. The molecule has 136 valence electrons. The standard InChI is InChI=1S/C20H16ClN3O3/c1-10-15-16(18(26)24(17(15)25)14-9-5-3-7-12(14)21)20(23-10)11-6-2-4-8-13(11)22-19(20)27/h2-10,15-16,23H,1H3,(H,22,27)/p+1/t10-,15+,16-,20+/m0/s1.